The van der Waals surface area contributed by atoms with E-state index >= 15 is 0 Å². The maximum absolute atomic E-state index is 5.92. The standard InChI is InChI=1S/C20H22OSi2/c1-3-17-5-7-19(17)13-15(1)9-11-22-21-23-12-10-16-2-4-18-6-8-20(18)14-16/h1-4,9-14H,5-8,22-23H2. The van der Waals surface area contributed by atoms with Crippen LogP contribution < -0.4 is 0 Å². The van der Waals surface area contributed by atoms with E-state index in [0.717, 1.165) is 0 Å². The Bertz CT molecular complexity index is 712. The lowest BCUT2D eigenvalue weighted by molar-refractivity contribution is 0.662. The Morgan fingerprint density at radius 1 is 0.652 bits per heavy atom. The van der Waals surface area contributed by atoms with Crippen molar-refractivity contribution in [3.8, 4) is 0 Å². The first-order valence-electron chi connectivity index (χ1n) is 8.53. The van der Waals surface area contributed by atoms with Crippen LogP contribution in [0.4, 0.5) is 0 Å². The van der Waals surface area contributed by atoms with Gasteiger partial charge in [0.15, 0.2) is 19.5 Å². The summed E-state index contributed by atoms with van der Waals surface area (Å²) >= 11 is 0. The Hall–Kier alpha value is -1.69. The quantitative estimate of drug-likeness (QED) is 0.583. The van der Waals surface area contributed by atoms with Crippen molar-refractivity contribution in [2.24, 2.45) is 0 Å². The van der Waals surface area contributed by atoms with Crippen molar-refractivity contribution in [1.29, 1.82) is 0 Å². The van der Waals surface area contributed by atoms with Crippen molar-refractivity contribution in [2.75, 3.05) is 0 Å². The third-order valence-electron chi connectivity index (χ3n) is 4.84. The van der Waals surface area contributed by atoms with E-state index in [-0.39, 0.29) is 0 Å². The van der Waals surface area contributed by atoms with E-state index in [0.29, 0.717) is 0 Å². The van der Waals surface area contributed by atoms with E-state index < -0.39 is 19.5 Å². The summed E-state index contributed by atoms with van der Waals surface area (Å²) in [4.78, 5) is 0. The summed E-state index contributed by atoms with van der Waals surface area (Å²) in [7, 11) is -1.02. The number of aryl methyl sites for hydroxylation is 4. The number of rotatable bonds is 6. The molecule has 4 rings (SSSR count). The first kappa shape index (κ1) is 14.9. The Labute approximate surface area is 143 Å². The van der Waals surface area contributed by atoms with Crippen LogP contribution in [0, 0.1) is 0 Å². The molecular formula is C20H22OSi2. The Morgan fingerprint density at radius 2 is 1.13 bits per heavy atom. The van der Waals surface area contributed by atoms with Crippen LogP contribution in [0.2, 0.25) is 0 Å². The SMILES string of the molecule is C(=Cc1ccc2c(c1)CC2)[SiH2]O[SiH2]C=Cc1ccc2c(c1)CC2. The van der Waals surface area contributed by atoms with Gasteiger partial charge in [-0.25, -0.2) is 0 Å². The second-order valence-corrected chi connectivity index (χ2v) is 9.64. The lowest BCUT2D eigenvalue weighted by atomic mass is 9.87. The summed E-state index contributed by atoms with van der Waals surface area (Å²) in [5.74, 6) is 0. The molecule has 0 fully saturated rings. The molecule has 0 amide bonds. The normalized spacial score (nSPS) is 16.3. The van der Waals surface area contributed by atoms with Gasteiger partial charge in [-0.1, -0.05) is 59.9 Å². The fourth-order valence-corrected chi connectivity index (χ4v) is 5.58. The molecule has 2 aliphatic rings. The molecule has 0 unspecified atom stereocenters. The van der Waals surface area contributed by atoms with Gasteiger partial charge in [0.05, 0.1) is 0 Å². The first-order valence-corrected chi connectivity index (χ1v) is 11.3. The van der Waals surface area contributed by atoms with Gasteiger partial charge in [-0.2, -0.15) is 0 Å². The van der Waals surface area contributed by atoms with E-state index in [1.165, 1.54) is 59.1 Å². The van der Waals surface area contributed by atoms with Gasteiger partial charge < -0.3 is 4.12 Å². The fourth-order valence-electron chi connectivity index (χ4n) is 3.21. The van der Waals surface area contributed by atoms with E-state index in [2.05, 4.69) is 59.9 Å². The molecule has 0 radical (unpaired) electrons. The second kappa shape index (κ2) is 6.83. The van der Waals surface area contributed by atoms with Crippen LogP contribution in [0.15, 0.2) is 47.8 Å². The first-order chi connectivity index (χ1) is 11.4. The van der Waals surface area contributed by atoms with Crippen molar-refractivity contribution < 1.29 is 4.12 Å². The van der Waals surface area contributed by atoms with Crippen molar-refractivity contribution in [2.45, 2.75) is 25.7 Å². The number of hydrogen-bond donors (Lipinski definition) is 0. The summed E-state index contributed by atoms with van der Waals surface area (Å²) in [5.41, 5.74) is 13.3. The molecule has 0 bridgehead atoms. The number of hydrogen-bond acceptors (Lipinski definition) is 1. The van der Waals surface area contributed by atoms with Gasteiger partial charge in [-0.3, -0.25) is 0 Å². The summed E-state index contributed by atoms with van der Waals surface area (Å²) < 4.78 is 5.92. The number of fused-ring (bicyclic) bond motifs is 2. The minimum atomic E-state index is -0.510. The Balaban J connectivity index is 1.21. The van der Waals surface area contributed by atoms with Gasteiger partial charge in [0, 0.05) is 0 Å². The lowest BCUT2D eigenvalue weighted by Gasteiger charge is -2.18. The molecule has 0 aromatic heterocycles. The predicted molar refractivity (Wildman–Crippen MR) is 104 cm³/mol. The molecule has 2 aliphatic carbocycles. The van der Waals surface area contributed by atoms with E-state index in [9.17, 15) is 0 Å². The van der Waals surface area contributed by atoms with Crippen LogP contribution >= 0.6 is 0 Å². The molecule has 0 saturated heterocycles. The highest BCUT2D eigenvalue weighted by Crippen LogP contribution is 2.24. The smallest absolute Gasteiger partial charge is 0.171 e. The molecule has 0 saturated carbocycles. The van der Waals surface area contributed by atoms with Gasteiger partial charge in [-0.05, 0) is 59.1 Å². The summed E-state index contributed by atoms with van der Waals surface area (Å²) in [6.45, 7) is 0. The van der Waals surface area contributed by atoms with Crippen molar-refractivity contribution >= 4 is 31.7 Å². The lowest BCUT2D eigenvalue weighted by Crippen LogP contribution is -2.07. The Kier molecular flexibility index (Phi) is 4.42. The van der Waals surface area contributed by atoms with Gasteiger partial charge in [0.1, 0.15) is 0 Å². The number of benzene rings is 2. The zero-order valence-corrected chi connectivity index (χ0v) is 16.3. The molecule has 3 heteroatoms. The monoisotopic (exact) mass is 334 g/mol. The van der Waals surface area contributed by atoms with Crippen molar-refractivity contribution in [1.82, 2.24) is 0 Å². The Morgan fingerprint density at radius 3 is 1.52 bits per heavy atom. The average molecular weight is 335 g/mol. The molecule has 0 N–H and O–H groups in total. The van der Waals surface area contributed by atoms with Crippen molar-refractivity contribution in [3.63, 3.8) is 0 Å². The minimum absolute atomic E-state index is 0.510. The molecular weight excluding hydrogens is 312 g/mol. The summed E-state index contributed by atoms with van der Waals surface area (Å²) in [5, 5.41) is 0. The second-order valence-electron chi connectivity index (χ2n) is 6.40. The van der Waals surface area contributed by atoms with Gasteiger partial charge in [-0.15, -0.1) is 0 Å². The zero-order chi connectivity index (χ0) is 15.5. The predicted octanol–water partition coefficient (Wildman–Crippen LogP) is 2.71. The third kappa shape index (κ3) is 3.47. The molecule has 23 heavy (non-hydrogen) atoms. The van der Waals surface area contributed by atoms with Gasteiger partial charge >= 0.3 is 0 Å². The van der Waals surface area contributed by atoms with Crippen LogP contribution in [-0.4, -0.2) is 19.5 Å². The topological polar surface area (TPSA) is 9.23 Å². The van der Waals surface area contributed by atoms with Crippen LogP contribution in [0.1, 0.15) is 33.4 Å². The molecule has 2 aromatic carbocycles. The van der Waals surface area contributed by atoms with Crippen molar-refractivity contribution in [3.05, 3.63) is 81.2 Å². The highest BCUT2D eigenvalue weighted by atomic mass is 28.3. The molecule has 116 valence electrons. The minimum Gasteiger partial charge on any atom is -0.459 e. The molecule has 0 atom stereocenters. The molecule has 0 spiro atoms. The molecule has 2 aromatic rings. The van der Waals surface area contributed by atoms with Crippen LogP contribution in [-0.2, 0) is 29.8 Å². The van der Waals surface area contributed by atoms with Gasteiger partial charge in [0.25, 0.3) is 0 Å². The summed E-state index contributed by atoms with van der Waals surface area (Å²) in [6.07, 6.45) is 9.51. The van der Waals surface area contributed by atoms with Crippen LogP contribution in [0.3, 0.4) is 0 Å². The van der Waals surface area contributed by atoms with E-state index in [1.807, 2.05) is 0 Å². The maximum atomic E-state index is 5.92. The molecule has 0 aliphatic heterocycles. The molecule has 0 heterocycles. The fraction of sp³-hybridized carbons (Fsp3) is 0.200. The van der Waals surface area contributed by atoms with E-state index in [4.69, 9.17) is 4.12 Å². The van der Waals surface area contributed by atoms with Gasteiger partial charge in [0.2, 0.25) is 0 Å². The maximum Gasteiger partial charge on any atom is 0.171 e. The summed E-state index contributed by atoms with van der Waals surface area (Å²) in [6, 6.07) is 13.6. The largest absolute Gasteiger partial charge is 0.459 e. The van der Waals surface area contributed by atoms with E-state index in [1.54, 1.807) is 0 Å². The average Bonchev–Trinajstić information content (AvgIpc) is 2.51. The van der Waals surface area contributed by atoms with Crippen LogP contribution in [0.25, 0.3) is 12.2 Å². The third-order valence-corrected chi connectivity index (χ3v) is 7.58. The molecule has 1 nitrogen and oxygen atoms in total. The highest BCUT2D eigenvalue weighted by Gasteiger charge is 2.12. The highest BCUT2D eigenvalue weighted by molar-refractivity contribution is 6.50. The zero-order valence-electron chi connectivity index (χ0n) is 13.4. The van der Waals surface area contributed by atoms with Crippen LogP contribution in [0.5, 0.6) is 0 Å².